The van der Waals surface area contributed by atoms with Crippen LogP contribution in [0.1, 0.15) is 29.1 Å². The number of hydrogen-bond donors (Lipinski definition) is 1. The minimum Gasteiger partial charge on any atom is -0.310 e. The zero-order valence-corrected chi connectivity index (χ0v) is 14.4. The first-order chi connectivity index (χ1) is 11.1. The molecule has 0 aromatic carbocycles. The Kier molecular flexibility index (Phi) is 5.03. The van der Waals surface area contributed by atoms with Crippen molar-refractivity contribution in [3.05, 3.63) is 40.0 Å². The fraction of sp³-hybridized carbons (Fsp3) is 0.471. The first-order valence-corrected chi connectivity index (χ1v) is 8.85. The molecule has 5 nitrogen and oxygen atoms in total. The van der Waals surface area contributed by atoms with Gasteiger partial charge in [0.05, 0.1) is 12.5 Å². The molecule has 2 aromatic rings. The van der Waals surface area contributed by atoms with E-state index in [0.29, 0.717) is 5.82 Å². The molecule has 1 fully saturated rings. The second-order valence-electron chi connectivity index (χ2n) is 6.17. The van der Waals surface area contributed by atoms with Gasteiger partial charge < -0.3 is 5.32 Å². The Bertz CT molecular complexity index is 667. The van der Waals surface area contributed by atoms with E-state index in [2.05, 4.69) is 25.6 Å². The summed E-state index contributed by atoms with van der Waals surface area (Å²) in [6, 6.07) is 3.81. The highest BCUT2D eigenvalue weighted by atomic mass is 32.1. The summed E-state index contributed by atoms with van der Waals surface area (Å²) < 4.78 is 0. The average Bonchev–Trinajstić information content (AvgIpc) is 2.95. The zero-order valence-electron chi connectivity index (χ0n) is 13.6. The molecule has 1 aliphatic heterocycles. The van der Waals surface area contributed by atoms with Crippen molar-refractivity contribution in [2.45, 2.75) is 33.2 Å². The summed E-state index contributed by atoms with van der Waals surface area (Å²) >= 11 is 1.69. The Balaban J connectivity index is 1.56. The van der Waals surface area contributed by atoms with Gasteiger partial charge in [0.25, 0.3) is 0 Å². The highest BCUT2D eigenvalue weighted by Crippen LogP contribution is 2.21. The van der Waals surface area contributed by atoms with E-state index in [0.717, 1.165) is 48.7 Å². The van der Waals surface area contributed by atoms with Gasteiger partial charge in [0.1, 0.15) is 10.8 Å². The van der Waals surface area contributed by atoms with Crippen molar-refractivity contribution < 1.29 is 4.79 Å². The number of amides is 1. The van der Waals surface area contributed by atoms with Crippen LogP contribution in [0, 0.1) is 19.8 Å². The Labute approximate surface area is 140 Å². The predicted molar refractivity (Wildman–Crippen MR) is 92.5 cm³/mol. The van der Waals surface area contributed by atoms with Crippen LogP contribution in [0.25, 0.3) is 0 Å². The quantitative estimate of drug-likeness (QED) is 0.936. The van der Waals surface area contributed by atoms with Gasteiger partial charge in [-0.05, 0) is 44.9 Å². The maximum atomic E-state index is 12.5. The lowest BCUT2D eigenvalue weighted by Gasteiger charge is -2.31. The third-order valence-corrected chi connectivity index (χ3v) is 5.02. The monoisotopic (exact) mass is 330 g/mol. The number of nitrogens with one attached hydrogen (secondary N) is 1. The maximum absolute atomic E-state index is 12.5. The largest absolute Gasteiger partial charge is 0.310 e. The third kappa shape index (κ3) is 4.36. The van der Waals surface area contributed by atoms with E-state index < -0.39 is 0 Å². The molecule has 0 bridgehead atoms. The maximum Gasteiger partial charge on any atom is 0.229 e. The van der Waals surface area contributed by atoms with Gasteiger partial charge >= 0.3 is 0 Å². The number of carbonyl (C=O) groups is 1. The number of thiazole rings is 1. The van der Waals surface area contributed by atoms with Crippen LogP contribution >= 0.6 is 11.3 Å². The summed E-state index contributed by atoms with van der Waals surface area (Å²) in [5.74, 6) is 0.725. The lowest BCUT2D eigenvalue weighted by atomic mass is 9.97. The van der Waals surface area contributed by atoms with E-state index in [1.807, 2.05) is 26.0 Å². The van der Waals surface area contributed by atoms with Crippen molar-refractivity contribution >= 4 is 23.1 Å². The predicted octanol–water partition coefficient (Wildman–Crippen LogP) is 3.01. The first-order valence-electron chi connectivity index (χ1n) is 7.97. The molecular formula is C17H22N4OS. The van der Waals surface area contributed by atoms with Gasteiger partial charge in [0, 0.05) is 23.8 Å². The molecule has 1 aliphatic rings. The summed E-state index contributed by atoms with van der Waals surface area (Å²) in [6.45, 7) is 6.66. The third-order valence-electron chi connectivity index (χ3n) is 4.06. The van der Waals surface area contributed by atoms with E-state index in [1.165, 1.54) is 0 Å². The second kappa shape index (κ2) is 7.19. The van der Waals surface area contributed by atoms with Crippen LogP contribution in [-0.4, -0.2) is 33.9 Å². The van der Waals surface area contributed by atoms with Crippen molar-refractivity contribution in [2.75, 3.05) is 18.4 Å². The Morgan fingerprint density at radius 1 is 1.43 bits per heavy atom. The standard InChI is InChI=1S/C17H22N4OS/c1-12-5-6-15(18-8-12)20-17(22)14-4-3-7-21(9-14)10-16-19-13(2)11-23-16/h5-6,8,11,14H,3-4,7,9-10H2,1-2H3,(H,18,20,22). The molecule has 0 aliphatic carbocycles. The molecular weight excluding hydrogens is 308 g/mol. The molecule has 0 spiro atoms. The van der Waals surface area contributed by atoms with Crippen molar-refractivity contribution in [3.63, 3.8) is 0 Å². The molecule has 0 radical (unpaired) electrons. The van der Waals surface area contributed by atoms with Crippen molar-refractivity contribution in [1.29, 1.82) is 0 Å². The number of carbonyl (C=O) groups excluding carboxylic acids is 1. The van der Waals surface area contributed by atoms with E-state index in [1.54, 1.807) is 17.5 Å². The Morgan fingerprint density at radius 3 is 3.00 bits per heavy atom. The van der Waals surface area contributed by atoms with Crippen LogP contribution in [-0.2, 0) is 11.3 Å². The van der Waals surface area contributed by atoms with Crippen LogP contribution in [0.5, 0.6) is 0 Å². The molecule has 1 atom stereocenters. The average molecular weight is 330 g/mol. The minimum absolute atomic E-state index is 0.0212. The lowest BCUT2D eigenvalue weighted by molar-refractivity contribution is -0.121. The Hall–Kier alpha value is -1.79. The van der Waals surface area contributed by atoms with E-state index in [4.69, 9.17) is 0 Å². The highest BCUT2D eigenvalue weighted by Gasteiger charge is 2.26. The topological polar surface area (TPSA) is 58.1 Å². The first kappa shape index (κ1) is 16.1. The van der Waals surface area contributed by atoms with Gasteiger partial charge in [-0.2, -0.15) is 0 Å². The molecule has 1 saturated heterocycles. The van der Waals surface area contributed by atoms with Gasteiger partial charge in [-0.25, -0.2) is 9.97 Å². The number of piperidine rings is 1. The number of rotatable bonds is 4. The summed E-state index contributed by atoms with van der Waals surface area (Å²) in [4.78, 5) is 23.6. The molecule has 6 heteroatoms. The highest BCUT2D eigenvalue weighted by molar-refractivity contribution is 7.09. The molecule has 122 valence electrons. The van der Waals surface area contributed by atoms with E-state index in [-0.39, 0.29) is 11.8 Å². The number of aryl methyl sites for hydroxylation is 2. The normalized spacial score (nSPS) is 18.8. The van der Waals surface area contributed by atoms with Crippen LogP contribution in [0.3, 0.4) is 0 Å². The number of hydrogen-bond acceptors (Lipinski definition) is 5. The molecule has 23 heavy (non-hydrogen) atoms. The van der Waals surface area contributed by atoms with Crippen LogP contribution in [0.15, 0.2) is 23.7 Å². The molecule has 1 amide bonds. The van der Waals surface area contributed by atoms with Gasteiger partial charge in [0.2, 0.25) is 5.91 Å². The van der Waals surface area contributed by atoms with Crippen LogP contribution in [0.2, 0.25) is 0 Å². The fourth-order valence-corrected chi connectivity index (χ4v) is 3.66. The number of anilines is 1. The summed E-state index contributed by atoms with van der Waals surface area (Å²) in [5, 5.41) is 6.14. The fourth-order valence-electron chi connectivity index (χ4n) is 2.85. The van der Waals surface area contributed by atoms with Gasteiger partial charge in [-0.1, -0.05) is 6.07 Å². The number of aromatic nitrogens is 2. The number of nitrogens with zero attached hydrogens (tertiary/aromatic N) is 3. The lowest BCUT2D eigenvalue weighted by Crippen LogP contribution is -2.40. The summed E-state index contributed by atoms with van der Waals surface area (Å²) in [7, 11) is 0. The molecule has 3 heterocycles. The minimum atomic E-state index is 0.0212. The van der Waals surface area contributed by atoms with E-state index in [9.17, 15) is 4.79 Å². The molecule has 1 unspecified atom stereocenters. The van der Waals surface area contributed by atoms with Crippen molar-refractivity contribution in [1.82, 2.24) is 14.9 Å². The van der Waals surface area contributed by atoms with Gasteiger partial charge in [-0.15, -0.1) is 11.3 Å². The SMILES string of the molecule is Cc1ccc(NC(=O)C2CCCN(Cc3nc(C)cs3)C2)nc1. The van der Waals surface area contributed by atoms with Crippen LogP contribution < -0.4 is 5.32 Å². The second-order valence-corrected chi connectivity index (χ2v) is 7.11. The molecule has 2 aromatic heterocycles. The number of pyridine rings is 1. The van der Waals surface area contributed by atoms with Crippen molar-refractivity contribution in [2.24, 2.45) is 5.92 Å². The van der Waals surface area contributed by atoms with Crippen molar-refractivity contribution in [3.8, 4) is 0 Å². The molecule has 0 saturated carbocycles. The number of likely N-dealkylation sites (tertiary alicyclic amines) is 1. The summed E-state index contributed by atoms with van der Waals surface area (Å²) in [5.41, 5.74) is 2.16. The zero-order chi connectivity index (χ0) is 16.2. The molecule has 1 N–H and O–H groups in total. The van der Waals surface area contributed by atoms with Gasteiger partial charge in [-0.3, -0.25) is 9.69 Å². The smallest absolute Gasteiger partial charge is 0.229 e. The molecule has 3 rings (SSSR count). The Morgan fingerprint density at radius 2 is 2.30 bits per heavy atom. The summed E-state index contributed by atoms with van der Waals surface area (Å²) in [6.07, 6.45) is 3.75. The van der Waals surface area contributed by atoms with E-state index >= 15 is 0 Å². The van der Waals surface area contributed by atoms with Gasteiger partial charge in [0.15, 0.2) is 0 Å². The van der Waals surface area contributed by atoms with Crippen LogP contribution in [0.4, 0.5) is 5.82 Å².